The zero-order valence-corrected chi connectivity index (χ0v) is 9.71. The molecule has 0 radical (unpaired) electrons. The van der Waals surface area contributed by atoms with Gasteiger partial charge in [-0.25, -0.2) is 0 Å². The molecule has 1 atom stereocenters. The van der Waals surface area contributed by atoms with Crippen molar-refractivity contribution in [3.05, 3.63) is 11.7 Å². The zero-order chi connectivity index (χ0) is 10.9. The maximum Gasteiger partial charge on any atom is 0.228 e. The largest absolute Gasteiger partial charge is 0.339 e. The average molecular weight is 209 g/mol. The van der Waals surface area contributed by atoms with Crippen molar-refractivity contribution in [1.29, 1.82) is 0 Å². The van der Waals surface area contributed by atoms with E-state index in [0.29, 0.717) is 6.04 Å². The summed E-state index contributed by atoms with van der Waals surface area (Å²) in [7, 11) is 1.97. The Morgan fingerprint density at radius 2 is 2.27 bits per heavy atom. The van der Waals surface area contributed by atoms with Crippen LogP contribution in [-0.4, -0.2) is 23.2 Å². The maximum atomic E-state index is 5.26. The van der Waals surface area contributed by atoms with Crippen LogP contribution in [0.4, 0.5) is 0 Å². The number of nitrogens with zero attached hydrogens (tertiary/aromatic N) is 2. The first-order valence-corrected chi connectivity index (χ1v) is 5.68. The third kappa shape index (κ3) is 2.20. The quantitative estimate of drug-likeness (QED) is 0.801. The molecule has 0 saturated heterocycles. The first kappa shape index (κ1) is 10.6. The Morgan fingerprint density at radius 1 is 1.53 bits per heavy atom. The smallest absolute Gasteiger partial charge is 0.228 e. The van der Waals surface area contributed by atoms with Crippen molar-refractivity contribution in [1.82, 2.24) is 15.5 Å². The van der Waals surface area contributed by atoms with E-state index in [9.17, 15) is 0 Å². The van der Waals surface area contributed by atoms with Crippen LogP contribution in [-0.2, 0) is 11.8 Å². The highest BCUT2D eigenvalue weighted by Gasteiger charge is 2.43. The topological polar surface area (TPSA) is 51.0 Å². The molecule has 1 heterocycles. The van der Waals surface area contributed by atoms with E-state index in [2.05, 4.69) is 29.3 Å². The molecule has 4 heteroatoms. The predicted molar refractivity (Wildman–Crippen MR) is 57.7 cm³/mol. The van der Waals surface area contributed by atoms with Crippen LogP contribution in [0.15, 0.2) is 4.52 Å². The highest BCUT2D eigenvalue weighted by atomic mass is 16.5. The molecule has 1 unspecified atom stereocenters. The Hall–Kier alpha value is -0.900. The molecule has 1 aromatic heterocycles. The Labute approximate surface area is 90.4 Å². The molecular formula is C11H19N3O. The van der Waals surface area contributed by atoms with Crippen LogP contribution in [0.1, 0.15) is 44.8 Å². The van der Waals surface area contributed by atoms with Crippen LogP contribution in [0.5, 0.6) is 0 Å². The summed E-state index contributed by atoms with van der Waals surface area (Å²) in [5.41, 5.74) is 0.211. The number of aromatic nitrogens is 2. The summed E-state index contributed by atoms with van der Waals surface area (Å²) in [5.74, 6) is 1.66. The van der Waals surface area contributed by atoms with Crippen LogP contribution < -0.4 is 5.32 Å². The number of hydrogen-bond acceptors (Lipinski definition) is 4. The van der Waals surface area contributed by atoms with Crippen LogP contribution in [0.25, 0.3) is 0 Å². The van der Waals surface area contributed by atoms with E-state index in [1.807, 2.05) is 7.05 Å². The standard InChI is InChI=1S/C11H19N3O/c1-4-8(12-3)7-9-13-10(14-15-9)11(2)5-6-11/h8,12H,4-7H2,1-3H3. The van der Waals surface area contributed by atoms with Crippen molar-refractivity contribution in [3.63, 3.8) is 0 Å². The van der Waals surface area contributed by atoms with Crippen molar-refractivity contribution in [2.24, 2.45) is 0 Å². The van der Waals surface area contributed by atoms with Gasteiger partial charge in [0.25, 0.3) is 0 Å². The lowest BCUT2D eigenvalue weighted by molar-refractivity contribution is 0.352. The van der Waals surface area contributed by atoms with Gasteiger partial charge in [-0.2, -0.15) is 4.98 Å². The Balaban J connectivity index is 2.01. The molecule has 15 heavy (non-hydrogen) atoms. The predicted octanol–water partition coefficient (Wildman–Crippen LogP) is 1.66. The Bertz CT molecular complexity index is 326. The van der Waals surface area contributed by atoms with Gasteiger partial charge in [-0.05, 0) is 26.3 Å². The molecule has 1 aliphatic carbocycles. The second-order valence-electron chi connectivity index (χ2n) is 4.67. The van der Waals surface area contributed by atoms with Gasteiger partial charge in [-0.3, -0.25) is 0 Å². The minimum atomic E-state index is 0.211. The second kappa shape index (κ2) is 3.93. The van der Waals surface area contributed by atoms with Crippen molar-refractivity contribution in [3.8, 4) is 0 Å². The van der Waals surface area contributed by atoms with E-state index in [-0.39, 0.29) is 5.41 Å². The number of rotatable bonds is 5. The summed E-state index contributed by atoms with van der Waals surface area (Å²) >= 11 is 0. The highest BCUT2D eigenvalue weighted by molar-refractivity contribution is 5.14. The summed E-state index contributed by atoms with van der Waals surface area (Å²) in [6.45, 7) is 4.34. The molecular weight excluding hydrogens is 190 g/mol. The second-order valence-corrected chi connectivity index (χ2v) is 4.67. The van der Waals surface area contributed by atoms with E-state index in [4.69, 9.17) is 4.52 Å². The zero-order valence-electron chi connectivity index (χ0n) is 9.71. The van der Waals surface area contributed by atoms with Crippen LogP contribution >= 0.6 is 0 Å². The lowest BCUT2D eigenvalue weighted by Crippen LogP contribution is -2.26. The number of nitrogens with one attached hydrogen (secondary N) is 1. The molecule has 0 aromatic carbocycles. The average Bonchev–Trinajstić information content (AvgIpc) is 2.82. The van der Waals surface area contributed by atoms with Crippen molar-refractivity contribution in [2.45, 2.75) is 51.0 Å². The highest BCUT2D eigenvalue weighted by Crippen LogP contribution is 2.45. The van der Waals surface area contributed by atoms with Crippen molar-refractivity contribution in [2.75, 3.05) is 7.05 Å². The fourth-order valence-electron chi connectivity index (χ4n) is 1.66. The monoisotopic (exact) mass is 209 g/mol. The van der Waals surface area contributed by atoms with E-state index in [1.54, 1.807) is 0 Å². The summed E-state index contributed by atoms with van der Waals surface area (Å²) in [4.78, 5) is 4.46. The van der Waals surface area contributed by atoms with E-state index in [1.165, 1.54) is 12.8 Å². The fourth-order valence-corrected chi connectivity index (χ4v) is 1.66. The first-order valence-electron chi connectivity index (χ1n) is 5.68. The molecule has 1 saturated carbocycles. The third-order valence-electron chi connectivity index (χ3n) is 3.33. The third-order valence-corrected chi connectivity index (χ3v) is 3.33. The van der Waals surface area contributed by atoms with E-state index >= 15 is 0 Å². The molecule has 0 spiro atoms. The van der Waals surface area contributed by atoms with Crippen LogP contribution in [0.3, 0.4) is 0 Å². The van der Waals surface area contributed by atoms with Gasteiger partial charge in [0.1, 0.15) is 0 Å². The van der Waals surface area contributed by atoms with Gasteiger partial charge < -0.3 is 9.84 Å². The molecule has 0 bridgehead atoms. The van der Waals surface area contributed by atoms with Gasteiger partial charge in [0.15, 0.2) is 5.82 Å². The number of likely N-dealkylation sites (N-methyl/N-ethyl adjacent to an activating group) is 1. The summed E-state index contributed by atoms with van der Waals surface area (Å²) < 4.78 is 5.26. The van der Waals surface area contributed by atoms with E-state index in [0.717, 1.165) is 24.6 Å². The van der Waals surface area contributed by atoms with E-state index < -0.39 is 0 Å². The molecule has 1 aliphatic rings. The molecule has 0 aliphatic heterocycles. The molecule has 2 rings (SSSR count). The first-order chi connectivity index (χ1) is 7.18. The lowest BCUT2D eigenvalue weighted by Gasteiger charge is -2.09. The molecule has 84 valence electrons. The van der Waals surface area contributed by atoms with Gasteiger partial charge in [0.05, 0.1) is 0 Å². The SMILES string of the molecule is CCC(Cc1nc(C2(C)CC2)no1)NC. The van der Waals surface area contributed by atoms with Crippen molar-refractivity contribution < 1.29 is 4.52 Å². The lowest BCUT2D eigenvalue weighted by atomic mass is 10.1. The van der Waals surface area contributed by atoms with Crippen molar-refractivity contribution >= 4 is 0 Å². The normalized spacial score (nSPS) is 20.2. The minimum Gasteiger partial charge on any atom is -0.339 e. The molecule has 1 N–H and O–H groups in total. The molecule has 1 fully saturated rings. The molecule has 4 nitrogen and oxygen atoms in total. The summed E-state index contributed by atoms with van der Waals surface area (Å²) in [6, 6.07) is 0.435. The van der Waals surface area contributed by atoms with Gasteiger partial charge in [-0.1, -0.05) is 19.0 Å². The van der Waals surface area contributed by atoms with Crippen LogP contribution in [0, 0.1) is 0 Å². The summed E-state index contributed by atoms with van der Waals surface area (Å²) in [5, 5.41) is 7.29. The molecule has 0 amide bonds. The maximum absolute atomic E-state index is 5.26. The Kier molecular flexibility index (Phi) is 2.78. The number of hydrogen-bond donors (Lipinski definition) is 1. The fraction of sp³-hybridized carbons (Fsp3) is 0.818. The van der Waals surface area contributed by atoms with Gasteiger partial charge in [0.2, 0.25) is 5.89 Å². The van der Waals surface area contributed by atoms with Gasteiger partial charge in [-0.15, -0.1) is 0 Å². The van der Waals surface area contributed by atoms with Gasteiger partial charge in [0, 0.05) is 17.9 Å². The minimum absolute atomic E-state index is 0.211. The molecule has 1 aromatic rings. The van der Waals surface area contributed by atoms with Crippen LogP contribution in [0.2, 0.25) is 0 Å². The van der Waals surface area contributed by atoms with Gasteiger partial charge >= 0.3 is 0 Å². The Morgan fingerprint density at radius 3 is 2.80 bits per heavy atom. The summed E-state index contributed by atoms with van der Waals surface area (Å²) in [6.07, 6.45) is 4.28.